The number of nitrogens with zero attached hydrogens (tertiary/aromatic N) is 1. The fourth-order valence-corrected chi connectivity index (χ4v) is 2.08. The predicted molar refractivity (Wildman–Crippen MR) is 105 cm³/mol. The van der Waals surface area contributed by atoms with Gasteiger partial charge >= 0.3 is 12.2 Å². The van der Waals surface area contributed by atoms with Crippen LogP contribution in [0.5, 0.6) is 0 Å². The SMILES string of the molecule is CCC/C=C(\F)c1cccc(N(C(=O)OC(C)(C)C)C(=O)OC(C)(C)C)c1. The Morgan fingerprint density at radius 3 is 2.00 bits per heavy atom. The minimum absolute atomic E-state index is 0.177. The van der Waals surface area contributed by atoms with Crippen molar-refractivity contribution in [3.8, 4) is 0 Å². The second-order valence-corrected chi connectivity index (χ2v) is 8.19. The highest BCUT2D eigenvalue weighted by Crippen LogP contribution is 2.26. The average molecular weight is 379 g/mol. The topological polar surface area (TPSA) is 55.8 Å². The monoisotopic (exact) mass is 379 g/mol. The van der Waals surface area contributed by atoms with Gasteiger partial charge in [-0.3, -0.25) is 0 Å². The molecule has 0 aliphatic heterocycles. The third kappa shape index (κ3) is 7.81. The number of rotatable bonds is 4. The van der Waals surface area contributed by atoms with Crippen molar-refractivity contribution in [2.75, 3.05) is 4.90 Å². The van der Waals surface area contributed by atoms with E-state index in [0.717, 1.165) is 11.3 Å². The third-order valence-electron chi connectivity index (χ3n) is 3.14. The predicted octanol–water partition coefficient (Wildman–Crippen LogP) is 6.47. The van der Waals surface area contributed by atoms with E-state index in [1.807, 2.05) is 6.92 Å². The van der Waals surface area contributed by atoms with Gasteiger partial charge in [0.05, 0.1) is 5.69 Å². The number of imide groups is 1. The number of unbranched alkanes of at least 4 members (excludes halogenated alkanes) is 1. The minimum Gasteiger partial charge on any atom is -0.443 e. The fourth-order valence-electron chi connectivity index (χ4n) is 2.08. The first-order chi connectivity index (χ1) is 12.3. The minimum atomic E-state index is -0.883. The molecular formula is C21H30FNO4. The zero-order valence-electron chi connectivity index (χ0n) is 17.3. The molecular weight excluding hydrogens is 349 g/mol. The summed E-state index contributed by atoms with van der Waals surface area (Å²) in [6.45, 7) is 12.1. The summed E-state index contributed by atoms with van der Waals surface area (Å²) in [5, 5.41) is 0. The van der Waals surface area contributed by atoms with Crippen molar-refractivity contribution in [1.29, 1.82) is 0 Å². The highest BCUT2D eigenvalue weighted by Gasteiger charge is 2.32. The first kappa shape index (κ1) is 22.7. The summed E-state index contributed by atoms with van der Waals surface area (Å²) >= 11 is 0. The van der Waals surface area contributed by atoms with Crippen molar-refractivity contribution in [3.63, 3.8) is 0 Å². The van der Waals surface area contributed by atoms with Gasteiger partial charge in [0.1, 0.15) is 17.0 Å². The third-order valence-corrected chi connectivity index (χ3v) is 3.14. The maximum absolute atomic E-state index is 14.3. The van der Waals surface area contributed by atoms with Gasteiger partial charge in [0.2, 0.25) is 0 Å². The van der Waals surface area contributed by atoms with E-state index in [9.17, 15) is 14.0 Å². The molecule has 0 radical (unpaired) electrons. The summed E-state index contributed by atoms with van der Waals surface area (Å²) in [6, 6.07) is 6.11. The molecule has 0 bridgehead atoms. The lowest BCUT2D eigenvalue weighted by Crippen LogP contribution is -2.43. The van der Waals surface area contributed by atoms with Crippen molar-refractivity contribution >= 4 is 23.7 Å². The number of benzene rings is 1. The number of allylic oxidation sites excluding steroid dienone is 1. The maximum atomic E-state index is 14.3. The maximum Gasteiger partial charge on any atom is 0.424 e. The van der Waals surface area contributed by atoms with Gasteiger partial charge in [-0.1, -0.05) is 25.5 Å². The normalized spacial score (nSPS) is 12.5. The van der Waals surface area contributed by atoms with Crippen LogP contribution in [-0.2, 0) is 9.47 Å². The molecule has 0 aliphatic rings. The molecule has 2 amide bonds. The van der Waals surface area contributed by atoms with Gasteiger partial charge in [-0.2, -0.15) is 4.90 Å². The van der Waals surface area contributed by atoms with Crippen LogP contribution in [0, 0.1) is 0 Å². The van der Waals surface area contributed by atoms with E-state index >= 15 is 0 Å². The molecule has 1 aromatic rings. The largest absolute Gasteiger partial charge is 0.443 e. The lowest BCUT2D eigenvalue weighted by molar-refractivity contribution is 0.0431. The second kappa shape index (κ2) is 9.02. The molecule has 27 heavy (non-hydrogen) atoms. The Labute approximate surface area is 161 Å². The first-order valence-corrected chi connectivity index (χ1v) is 9.06. The van der Waals surface area contributed by atoms with Crippen molar-refractivity contribution in [2.45, 2.75) is 72.5 Å². The zero-order chi connectivity index (χ0) is 20.8. The first-order valence-electron chi connectivity index (χ1n) is 9.06. The highest BCUT2D eigenvalue weighted by atomic mass is 19.1. The molecule has 0 spiro atoms. The number of halogens is 1. The van der Waals surface area contributed by atoms with Gasteiger partial charge in [-0.05, 0) is 66.2 Å². The summed E-state index contributed by atoms with van der Waals surface area (Å²) in [5.41, 5.74) is -1.16. The van der Waals surface area contributed by atoms with Crippen LogP contribution in [0.1, 0.15) is 66.9 Å². The summed E-state index contributed by atoms with van der Waals surface area (Å²) in [4.78, 5) is 26.1. The van der Waals surface area contributed by atoms with Crippen molar-refractivity contribution in [1.82, 2.24) is 0 Å². The molecule has 0 aromatic heterocycles. The molecule has 6 heteroatoms. The summed E-state index contributed by atoms with van der Waals surface area (Å²) in [6.07, 6.45) is 1.12. The lowest BCUT2D eigenvalue weighted by Gasteiger charge is -2.28. The van der Waals surface area contributed by atoms with Gasteiger partial charge in [0.25, 0.3) is 0 Å². The highest BCUT2D eigenvalue weighted by molar-refractivity contribution is 6.09. The Kier molecular flexibility index (Phi) is 7.57. The van der Waals surface area contributed by atoms with E-state index in [-0.39, 0.29) is 11.3 Å². The smallest absolute Gasteiger partial charge is 0.424 e. The average Bonchev–Trinajstić information content (AvgIpc) is 2.49. The molecule has 150 valence electrons. The fraction of sp³-hybridized carbons (Fsp3) is 0.524. The van der Waals surface area contributed by atoms with Crippen LogP contribution in [0.25, 0.3) is 5.83 Å². The Bertz CT molecular complexity index is 671. The standard InChI is InChI=1S/C21H30FNO4/c1-8-9-13-17(22)15-11-10-12-16(14-15)23(18(24)26-20(2,3)4)19(25)27-21(5,6)7/h10-14H,8-9H2,1-7H3/b17-13-. The molecule has 1 rings (SSSR count). The van der Waals surface area contributed by atoms with Gasteiger partial charge in [0, 0.05) is 5.56 Å². The number of hydrogen-bond donors (Lipinski definition) is 0. The van der Waals surface area contributed by atoms with Crippen molar-refractivity contribution in [2.24, 2.45) is 0 Å². The van der Waals surface area contributed by atoms with Gasteiger partial charge in [0.15, 0.2) is 0 Å². The molecule has 5 nitrogen and oxygen atoms in total. The quantitative estimate of drug-likeness (QED) is 0.601. The summed E-state index contributed by atoms with van der Waals surface area (Å²) < 4.78 is 25.0. The van der Waals surface area contributed by atoms with Crippen molar-refractivity contribution in [3.05, 3.63) is 35.9 Å². The molecule has 0 fully saturated rings. The molecule has 0 saturated heterocycles. The molecule has 0 N–H and O–H groups in total. The molecule has 0 aliphatic carbocycles. The lowest BCUT2D eigenvalue weighted by atomic mass is 10.1. The van der Waals surface area contributed by atoms with Crippen LogP contribution in [0.15, 0.2) is 30.3 Å². The van der Waals surface area contributed by atoms with E-state index in [0.29, 0.717) is 6.42 Å². The van der Waals surface area contributed by atoms with E-state index in [1.165, 1.54) is 18.2 Å². The Hall–Kier alpha value is -2.37. The number of ether oxygens (including phenoxy) is 2. The van der Waals surface area contributed by atoms with E-state index < -0.39 is 29.2 Å². The Balaban J connectivity index is 3.30. The summed E-state index contributed by atoms with van der Waals surface area (Å²) in [7, 11) is 0. The summed E-state index contributed by atoms with van der Waals surface area (Å²) in [5.74, 6) is -0.410. The van der Waals surface area contributed by atoms with Gasteiger partial charge < -0.3 is 9.47 Å². The van der Waals surface area contributed by atoms with Gasteiger partial charge in [-0.25, -0.2) is 14.0 Å². The van der Waals surface area contributed by atoms with E-state index in [4.69, 9.17) is 9.47 Å². The molecule has 0 unspecified atom stereocenters. The number of hydrogen-bond acceptors (Lipinski definition) is 4. The zero-order valence-corrected chi connectivity index (χ0v) is 17.3. The molecule has 1 aromatic carbocycles. The number of carbonyl (C=O) groups is 2. The van der Waals surface area contributed by atoms with Gasteiger partial charge in [-0.15, -0.1) is 0 Å². The molecule has 0 heterocycles. The van der Waals surface area contributed by atoms with Crippen LogP contribution in [0.3, 0.4) is 0 Å². The molecule has 0 saturated carbocycles. The van der Waals surface area contributed by atoms with Crippen molar-refractivity contribution < 1.29 is 23.5 Å². The van der Waals surface area contributed by atoms with Crippen LogP contribution < -0.4 is 4.90 Å². The van der Waals surface area contributed by atoms with Crippen LogP contribution in [0.2, 0.25) is 0 Å². The number of amides is 2. The Morgan fingerprint density at radius 1 is 1.04 bits per heavy atom. The number of anilines is 1. The number of carbonyl (C=O) groups excluding carboxylic acids is 2. The van der Waals surface area contributed by atoms with Crippen LogP contribution in [-0.4, -0.2) is 23.4 Å². The molecule has 0 atom stereocenters. The Morgan fingerprint density at radius 2 is 1.56 bits per heavy atom. The second-order valence-electron chi connectivity index (χ2n) is 8.19. The van der Waals surface area contributed by atoms with E-state index in [2.05, 4.69) is 0 Å². The van der Waals surface area contributed by atoms with Crippen LogP contribution >= 0.6 is 0 Å². The van der Waals surface area contributed by atoms with E-state index in [1.54, 1.807) is 53.7 Å². The van der Waals surface area contributed by atoms with Crippen LogP contribution in [0.4, 0.5) is 19.7 Å².